The number of carbonyl (C=O) groups is 2. The molecule has 136 valence electrons. The van der Waals surface area contributed by atoms with E-state index in [-0.39, 0.29) is 29.1 Å². The minimum absolute atomic E-state index is 0.00711. The second-order valence-corrected chi connectivity index (χ2v) is 8.93. The summed E-state index contributed by atoms with van der Waals surface area (Å²) in [6.45, 7) is 8.87. The number of carboxylic acids is 2. The molecule has 2 aliphatic carbocycles. The van der Waals surface area contributed by atoms with Crippen LogP contribution in [-0.2, 0) is 9.59 Å². The molecule has 1 fully saturated rings. The quantitative estimate of drug-likeness (QED) is 0.734. The van der Waals surface area contributed by atoms with Crippen LogP contribution in [0.25, 0.3) is 0 Å². The highest BCUT2D eigenvalue weighted by atomic mass is 16.4. The molecule has 0 heterocycles. The molecule has 2 aliphatic rings. The van der Waals surface area contributed by atoms with Gasteiger partial charge in [0.1, 0.15) is 0 Å². The maximum atomic E-state index is 11.8. The fourth-order valence-corrected chi connectivity index (χ4v) is 5.49. The Morgan fingerprint density at radius 1 is 1.25 bits per heavy atom. The molecule has 1 saturated carbocycles. The van der Waals surface area contributed by atoms with E-state index < -0.39 is 11.9 Å². The number of fused-ring (bicyclic) bond motifs is 1. The maximum Gasteiger partial charge on any atom is 0.331 e. The van der Waals surface area contributed by atoms with Crippen LogP contribution in [-0.4, -0.2) is 22.2 Å². The summed E-state index contributed by atoms with van der Waals surface area (Å²) in [5, 5.41) is 18.7. The van der Waals surface area contributed by atoms with Crippen molar-refractivity contribution >= 4 is 11.9 Å². The highest BCUT2D eigenvalue weighted by molar-refractivity contribution is 5.87. The van der Waals surface area contributed by atoms with Crippen molar-refractivity contribution in [3.05, 3.63) is 11.6 Å². The van der Waals surface area contributed by atoms with E-state index in [9.17, 15) is 14.7 Å². The third-order valence-electron chi connectivity index (χ3n) is 6.74. The monoisotopic (exact) mass is 336 g/mol. The van der Waals surface area contributed by atoms with Crippen LogP contribution in [0.4, 0.5) is 0 Å². The van der Waals surface area contributed by atoms with E-state index in [0.717, 1.165) is 32.1 Å². The molecule has 0 aromatic heterocycles. The van der Waals surface area contributed by atoms with Gasteiger partial charge >= 0.3 is 11.9 Å². The van der Waals surface area contributed by atoms with Crippen molar-refractivity contribution in [3.63, 3.8) is 0 Å². The fourth-order valence-electron chi connectivity index (χ4n) is 5.49. The van der Waals surface area contributed by atoms with Crippen molar-refractivity contribution in [1.82, 2.24) is 0 Å². The first-order chi connectivity index (χ1) is 11.1. The first kappa shape index (κ1) is 19.0. The summed E-state index contributed by atoms with van der Waals surface area (Å²) in [6.07, 6.45) is 7.93. The summed E-state index contributed by atoms with van der Waals surface area (Å²) in [5.74, 6) is -0.957. The molecule has 0 aromatic rings. The van der Waals surface area contributed by atoms with E-state index in [1.807, 2.05) is 13.0 Å². The van der Waals surface area contributed by atoms with E-state index in [2.05, 4.69) is 20.8 Å². The zero-order valence-corrected chi connectivity index (χ0v) is 15.5. The summed E-state index contributed by atoms with van der Waals surface area (Å²) in [6, 6.07) is 0. The van der Waals surface area contributed by atoms with Crippen LogP contribution in [0.3, 0.4) is 0 Å². The number of rotatable bonds is 6. The second-order valence-electron chi connectivity index (χ2n) is 8.93. The van der Waals surface area contributed by atoms with Crippen molar-refractivity contribution in [2.75, 3.05) is 0 Å². The summed E-state index contributed by atoms with van der Waals surface area (Å²) in [5.41, 5.74) is 0.806. The minimum atomic E-state index is -0.797. The van der Waals surface area contributed by atoms with Crippen molar-refractivity contribution in [2.45, 2.75) is 72.6 Å². The van der Waals surface area contributed by atoms with Gasteiger partial charge in [0, 0.05) is 12.0 Å². The standard InChI is InChI=1S/C20H32O4/c1-13(12-17(21)22)6-8-15-14(18(23)24)7-9-16-19(2,3)10-5-11-20(15,16)4/h7,13,15-16H,5-6,8-12H2,1-4H3,(H,21,22)(H,23,24). The lowest BCUT2D eigenvalue weighted by molar-refractivity contribution is -0.138. The molecule has 0 bridgehead atoms. The second kappa shape index (κ2) is 6.89. The van der Waals surface area contributed by atoms with Gasteiger partial charge in [0.05, 0.1) is 0 Å². The van der Waals surface area contributed by atoms with E-state index in [4.69, 9.17) is 5.11 Å². The van der Waals surface area contributed by atoms with Gasteiger partial charge in [-0.15, -0.1) is 0 Å². The molecular formula is C20H32O4. The molecule has 0 aliphatic heterocycles. The van der Waals surface area contributed by atoms with Gasteiger partial charge in [0.25, 0.3) is 0 Å². The molecule has 0 saturated heterocycles. The number of allylic oxidation sites excluding steroid dienone is 1. The normalized spacial score (nSPS) is 33.2. The number of hydrogen-bond acceptors (Lipinski definition) is 2. The number of hydrogen-bond donors (Lipinski definition) is 2. The van der Waals surface area contributed by atoms with E-state index in [1.165, 1.54) is 6.42 Å². The Kier molecular flexibility index (Phi) is 5.46. The Labute approximate surface area is 145 Å². The topological polar surface area (TPSA) is 74.6 Å². The first-order valence-electron chi connectivity index (χ1n) is 9.23. The van der Waals surface area contributed by atoms with Gasteiger partial charge in [-0.3, -0.25) is 4.79 Å². The largest absolute Gasteiger partial charge is 0.481 e. The zero-order chi connectivity index (χ0) is 18.1. The van der Waals surface area contributed by atoms with Crippen LogP contribution >= 0.6 is 0 Å². The third kappa shape index (κ3) is 3.68. The predicted octanol–water partition coefficient (Wildman–Crippen LogP) is 4.74. The average molecular weight is 336 g/mol. The van der Waals surface area contributed by atoms with Crippen LogP contribution < -0.4 is 0 Å². The molecule has 4 unspecified atom stereocenters. The van der Waals surface area contributed by atoms with Gasteiger partial charge in [0.15, 0.2) is 0 Å². The first-order valence-corrected chi connectivity index (χ1v) is 9.23. The smallest absolute Gasteiger partial charge is 0.331 e. The minimum Gasteiger partial charge on any atom is -0.481 e. The highest BCUT2D eigenvalue weighted by Crippen LogP contribution is 2.60. The van der Waals surface area contributed by atoms with Gasteiger partial charge in [0.2, 0.25) is 0 Å². The number of aliphatic carboxylic acids is 2. The maximum absolute atomic E-state index is 11.8. The van der Waals surface area contributed by atoms with E-state index in [0.29, 0.717) is 11.5 Å². The molecule has 4 atom stereocenters. The molecule has 2 rings (SSSR count). The van der Waals surface area contributed by atoms with Crippen LogP contribution in [0.2, 0.25) is 0 Å². The molecule has 4 nitrogen and oxygen atoms in total. The van der Waals surface area contributed by atoms with E-state index in [1.54, 1.807) is 0 Å². The van der Waals surface area contributed by atoms with E-state index >= 15 is 0 Å². The molecule has 0 aromatic carbocycles. The SMILES string of the molecule is CC(CCC1C(C(=O)O)=CCC2C(C)(C)CCCC12C)CC(=O)O. The van der Waals surface area contributed by atoms with Crippen LogP contribution in [0.5, 0.6) is 0 Å². The van der Waals surface area contributed by atoms with Gasteiger partial charge < -0.3 is 10.2 Å². The summed E-state index contributed by atoms with van der Waals surface area (Å²) >= 11 is 0. The van der Waals surface area contributed by atoms with Gasteiger partial charge in [-0.05, 0) is 60.7 Å². The number of carboxylic acid groups (broad SMARTS) is 2. The molecule has 4 heteroatoms. The lowest BCUT2D eigenvalue weighted by atomic mass is 9.48. The fraction of sp³-hybridized carbons (Fsp3) is 0.800. The highest BCUT2D eigenvalue weighted by Gasteiger charge is 2.53. The molecular weight excluding hydrogens is 304 g/mol. The Balaban J connectivity index is 2.25. The van der Waals surface area contributed by atoms with Crippen LogP contribution in [0, 0.1) is 28.6 Å². The molecule has 2 N–H and O–H groups in total. The van der Waals surface area contributed by atoms with Gasteiger partial charge in [-0.1, -0.05) is 40.2 Å². The van der Waals surface area contributed by atoms with Crippen LogP contribution in [0.1, 0.15) is 72.6 Å². The Morgan fingerprint density at radius 2 is 1.92 bits per heavy atom. The Bertz CT molecular complexity index is 534. The van der Waals surface area contributed by atoms with Gasteiger partial charge in [-0.2, -0.15) is 0 Å². The lowest BCUT2D eigenvalue weighted by Crippen LogP contribution is -2.49. The van der Waals surface area contributed by atoms with Crippen molar-refractivity contribution in [3.8, 4) is 0 Å². The predicted molar refractivity (Wildman–Crippen MR) is 93.7 cm³/mol. The Hall–Kier alpha value is -1.32. The zero-order valence-electron chi connectivity index (χ0n) is 15.5. The molecule has 24 heavy (non-hydrogen) atoms. The lowest BCUT2D eigenvalue weighted by Gasteiger charge is -2.56. The average Bonchev–Trinajstić information content (AvgIpc) is 2.43. The summed E-state index contributed by atoms with van der Waals surface area (Å²) in [7, 11) is 0. The van der Waals surface area contributed by atoms with Gasteiger partial charge in [-0.25, -0.2) is 4.79 Å². The molecule has 0 spiro atoms. The van der Waals surface area contributed by atoms with Crippen molar-refractivity contribution in [1.29, 1.82) is 0 Å². The molecule has 0 amide bonds. The Morgan fingerprint density at radius 3 is 2.50 bits per heavy atom. The van der Waals surface area contributed by atoms with Crippen LogP contribution in [0.15, 0.2) is 11.6 Å². The molecule has 0 radical (unpaired) electrons. The van der Waals surface area contributed by atoms with Crippen molar-refractivity contribution < 1.29 is 19.8 Å². The summed E-state index contributed by atoms with van der Waals surface area (Å²) in [4.78, 5) is 22.7. The summed E-state index contributed by atoms with van der Waals surface area (Å²) < 4.78 is 0. The van der Waals surface area contributed by atoms with Crippen molar-refractivity contribution in [2.24, 2.45) is 28.6 Å². The third-order valence-corrected chi connectivity index (χ3v) is 6.74.